The number of aromatic nitrogens is 4. The van der Waals surface area contributed by atoms with Crippen LogP contribution in [0.15, 0.2) is 47.6 Å². The second-order valence-corrected chi connectivity index (χ2v) is 12.8. The lowest BCUT2D eigenvalue weighted by atomic mass is 9.85. The molecular formula is C30H30F4N6O3S. The van der Waals surface area contributed by atoms with Gasteiger partial charge >= 0.3 is 12.1 Å². The zero-order valence-corrected chi connectivity index (χ0v) is 24.8. The van der Waals surface area contributed by atoms with Crippen LogP contribution in [0.4, 0.5) is 23.4 Å². The number of piperidine rings is 1. The molecule has 0 bridgehead atoms. The number of aryl methyl sites for hydroxylation is 2. The second-order valence-electron chi connectivity index (χ2n) is 11.3. The number of halogens is 4. The lowest BCUT2D eigenvalue weighted by Gasteiger charge is -2.35. The number of aliphatic carboxylic acids is 1. The number of anilines is 1. The Bertz CT molecular complexity index is 1730. The van der Waals surface area contributed by atoms with Crippen molar-refractivity contribution < 1.29 is 32.0 Å². The molecule has 0 amide bonds. The minimum atomic E-state index is -4.70. The number of hydrogen-bond donors (Lipinski definition) is 1. The van der Waals surface area contributed by atoms with Gasteiger partial charge in [0.1, 0.15) is 5.82 Å². The molecule has 232 valence electrons. The molecule has 14 heteroatoms. The van der Waals surface area contributed by atoms with Gasteiger partial charge in [0.25, 0.3) is 0 Å². The van der Waals surface area contributed by atoms with E-state index in [4.69, 9.17) is 0 Å². The van der Waals surface area contributed by atoms with Crippen molar-refractivity contribution in [1.82, 2.24) is 23.9 Å². The van der Waals surface area contributed by atoms with Crippen LogP contribution in [0.2, 0.25) is 0 Å². The van der Waals surface area contributed by atoms with Crippen molar-refractivity contribution >= 4 is 28.8 Å². The summed E-state index contributed by atoms with van der Waals surface area (Å²) < 4.78 is 71.2. The largest absolute Gasteiger partial charge is 0.593 e. The third-order valence-electron chi connectivity index (χ3n) is 8.53. The summed E-state index contributed by atoms with van der Waals surface area (Å²) in [5.41, 5.74) is 3.24. The van der Waals surface area contributed by atoms with Crippen molar-refractivity contribution in [3.05, 3.63) is 82.2 Å². The molecule has 6 rings (SSSR count). The number of alkyl halides is 3. The number of hydrogen-bond acceptors (Lipinski definition) is 7. The SMILES string of the molecule is Cc1ccc(C(CC(=O)O)c2ccn3c(C(F)(F)F)nnc3c2C)cc1CN1CC2CCCCN2c2ncc(F)cc2[S+]1[O-]. The third-order valence-corrected chi connectivity index (χ3v) is 9.96. The quantitative estimate of drug-likeness (QED) is 0.223. The molecule has 5 heterocycles. The molecule has 4 aromatic rings. The molecule has 1 aromatic carbocycles. The van der Waals surface area contributed by atoms with Gasteiger partial charge in [0.15, 0.2) is 11.5 Å². The normalized spacial score (nSPS) is 19.8. The average molecular weight is 631 g/mol. The number of benzene rings is 1. The first kappa shape index (κ1) is 30.3. The maximum absolute atomic E-state index is 14.3. The number of pyridine rings is 2. The van der Waals surface area contributed by atoms with Gasteiger partial charge in [0.05, 0.1) is 37.1 Å². The van der Waals surface area contributed by atoms with Crippen LogP contribution in [0.25, 0.3) is 5.65 Å². The van der Waals surface area contributed by atoms with E-state index in [1.807, 2.05) is 19.1 Å². The maximum atomic E-state index is 14.3. The summed E-state index contributed by atoms with van der Waals surface area (Å²) in [7, 11) is 0. The highest BCUT2D eigenvalue weighted by Crippen LogP contribution is 2.38. The smallest absolute Gasteiger partial charge is 0.452 e. The fourth-order valence-electron chi connectivity index (χ4n) is 6.31. The van der Waals surface area contributed by atoms with E-state index < -0.39 is 41.1 Å². The van der Waals surface area contributed by atoms with Gasteiger partial charge in [-0.15, -0.1) is 14.5 Å². The number of fused-ring (bicyclic) bond motifs is 4. The van der Waals surface area contributed by atoms with Crippen molar-refractivity contribution in [1.29, 1.82) is 0 Å². The molecule has 0 radical (unpaired) electrons. The summed E-state index contributed by atoms with van der Waals surface area (Å²) in [6, 6.07) is 8.33. The van der Waals surface area contributed by atoms with E-state index in [0.29, 0.717) is 33.9 Å². The number of carboxylic acid groups (broad SMARTS) is 1. The summed E-state index contributed by atoms with van der Waals surface area (Å²) in [4.78, 5) is 18.8. The van der Waals surface area contributed by atoms with E-state index in [-0.39, 0.29) is 24.7 Å². The Balaban J connectivity index is 1.37. The van der Waals surface area contributed by atoms with Gasteiger partial charge in [-0.1, -0.05) is 18.2 Å². The Kier molecular flexibility index (Phi) is 8.01. The van der Waals surface area contributed by atoms with Gasteiger partial charge in [-0.2, -0.15) is 13.2 Å². The number of nitrogens with zero attached hydrogens (tertiary/aromatic N) is 6. The summed E-state index contributed by atoms with van der Waals surface area (Å²) in [6.07, 6.45) is 0.206. The van der Waals surface area contributed by atoms with Crippen molar-refractivity contribution in [3.8, 4) is 0 Å². The highest BCUT2D eigenvalue weighted by Gasteiger charge is 2.40. The predicted octanol–water partition coefficient (Wildman–Crippen LogP) is 5.40. The average Bonchev–Trinajstić information content (AvgIpc) is 3.39. The number of rotatable bonds is 6. The standard InChI is InChI=1S/C30H30F4N6O3S/c1-17-6-7-19(24(13-26(41)42)23-8-10-40-27(18(23)2)36-37-29(40)30(32,33)34)11-20(17)15-38-16-22-5-3-4-9-39(22)28-25(44(38)43)12-21(31)14-35-28/h6-8,10-12,14,22,24H,3-5,9,13,15-16H2,1-2H3,(H,41,42). The van der Waals surface area contributed by atoms with Crippen LogP contribution in [-0.2, 0) is 28.9 Å². The van der Waals surface area contributed by atoms with E-state index in [0.717, 1.165) is 47.5 Å². The Hall–Kier alpha value is -3.75. The molecular weight excluding hydrogens is 600 g/mol. The van der Waals surface area contributed by atoms with E-state index in [2.05, 4.69) is 20.1 Å². The first-order chi connectivity index (χ1) is 20.9. The second kappa shape index (κ2) is 11.6. The summed E-state index contributed by atoms with van der Waals surface area (Å²) in [5, 5.41) is 16.9. The van der Waals surface area contributed by atoms with Gasteiger partial charge in [0, 0.05) is 30.8 Å². The highest BCUT2D eigenvalue weighted by atomic mass is 32.2. The summed E-state index contributed by atoms with van der Waals surface area (Å²) >= 11 is -1.71. The number of carbonyl (C=O) groups is 1. The fraction of sp³-hybridized carbons (Fsp3) is 0.400. The van der Waals surface area contributed by atoms with Gasteiger partial charge in [-0.3, -0.25) is 9.20 Å². The van der Waals surface area contributed by atoms with Crippen molar-refractivity contribution in [2.75, 3.05) is 18.0 Å². The molecule has 0 aliphatic carbocycles. The molecule has 0 spiro atoms. The molecule has 3 unspecified atom stereocenters. The zero-order valence-electron chi connectivity index (χ0n) is 24.0. The van der Waals surface area contributed by atoms with E-state index in [1.54, 1.807) is 17.3 Å². The van der Waals surface area contributed by atoms with Crippen LogP contribution in [-0.4, -0.2) is 58.6 Å². The molecule has 2 aliphatic rings. The molecule has 2 aliphatic heterocycles. The van der Waals surface area contributed by atoms with E-state index in [9.17, 15) is 32.0 Å². The van der Waals surface area contributed by atoms with E-state index >= 15 is 0 Å². The van der Waals surface area contributed by atoms with Crippen LogP contribution in [0.5, 0.6) is 0 Å². The summed E-state index contributed by atoms with van der Waals surface area (Å²) in [5.74, 6) is -2.97. The molecule has 1 fully saturated rings. The minimum absolute atomic E-state index is 0.00550. The molecule has 0 saturated carbocycles. The topological polar surface area (TPSA) is 110 Å². The van der Waals surface area contributed by atoms with Crippen LogP contribution < -0.4 is 4.90 Å². The molecule has 3 aromatic heterocycles. The predicted molar refractivity (Wildman–Crippen MR) is 154 cm³/mol. The maximum Gasteiger partial charge on any atom is 0.452 e. The lowest BCUT2D eigenvalue weighted by molar-refractivity contribution is -0.145. The fourth-order valence-corrected chi connectivity index (χ4v) is 7.69. The van der Waals surface area contributed by atoms with Crippen LogP contribution in [0, 0.1) is 19.7 Å². The Morgan fingerprint density at radius 1 is 1.18 bits per heavy atom. The van der Waals surface area contributed by atoms with Gasteiger partial charge in [0.2, 0.25) is 10.7 Å². The van der Waals surface area contributed by atoms with Crippen molar-refractivity contribution in [2.24, 2.45) is 0 Å². The monoisotopic (exact) mass is 630 g/mol. The minimum Gasteiger partial charge on any atom is -0.593 e. The van der Waals surface area contributed by atoms with Crippen molar-refractivity contribution in [2.45, 2.75) is 69.1 Å². The van der Waals surface area contributed by atoms with E-state index in [1.165, 1.54) is 18.3 Å². The zero-order chi connectivity index (χ0) is 31.3. The Morgan fingerprint density at radius 3 is 2.73 bits per heavy atom. The van der Waals surface area contributed by atoms with Gasteiger partial charge in [-0.05, 0) is 67.0 Å². The van der Waals surface area contributed by atoms with Crippen LogP contribution in [0.1, 0.15) is 65.2 Å². The van der Waals surface area contributed by atoms with Crippen LogP contribution >= 0.6 is 0 Å². The Morgan fingerprint density at radius 2 is 1.98 bits per heavy atom. The molecule has 1 saturated heterocycles. The lowest BCUT2D eigenvalue weighted by Crippen LogP contribution is -2.45. The number of carboxylic acids is 1. The Labute approximate surface area is 253 Å². The van der Waals surface area contributed by atoms with Crippen molar-refractivity contribution in [3.63, 3.8) is 0 Å². The molecule has 1 N–H and O–H groups in total. The van der Waals surface area contributed by atoms with Gasteiger partial charge < -0.3 is 14.6 Å². The van der Waals surface area contributed by atoms with Gasteiger partial charge in [-0.25, -0.2) is 9.37 Å². The molecule has 3 atom stereocenters. The van der Waals surface area contributed by atoms with Crippen LogP contribution in [0.3, 0.4) is 0 Å². The first-order valence-electron chi connectivity index (χ1n) is 14.2. The third kappa shape index (κ3) is 5.61. The highest BCUT2D eigenvalue weighted by molar-refractivity contribution is 7.89. The molecule has 9 nitrogen and oxygen atoms in total. The summed E-state index contributed by atoms with van der Waals surface area (Å²) in [6.45, 7) is 4.97. The first-order valence-corrected chi connectivity index (χ1v) is 15.3. The molecule has 44 heavy (non-hydrogen) atoms.